The van der Waals surface area contributed by atoms with Gasteiger partial charge < -0.3 is 15.2 Å². The third-order valence-corrected chi connectivity index (χ3v) is 4.30. The first-order valence-electron chi connectivity index (χ1n) is 9.70. The molecule has 0 aliphatic carbocycles. The molecule has 0 radical (unpaired) electrons. The molecule has 8 heteroatoms. The van der Waals surface area contributed by atoms with Crippen LogP contribution < -0.4 is 10.6 Å². The lowest BCUT2D eigenvalue weighted by atomic mass is 10.2. The highest BCUT2D eigenvalue weighted by molar-refractivity contribution is 14.0. The first-order chi connectivity index (χ1) is 13.7. The van der Waals surface area contributed by atoms with Crippen LogP contribution in [-0.2, 0) is 13.1 Å². The third-order valence-electron chi connectivity index (χ3n) is 4.30. The molecule has 0 aliphatic heterocycles. The zero-order chi connectivity index (χ0) is 19.8. The smallest absolute Gasteiger partial charge is 0.191 e. The molecule has 0 atom stereocenters. The van der Waals surface area contributed by atoms with Crippen LogP contribution in [0.15, 0.2) is 52.0 Å². The molecular weight excluding hydrogens is 479 g/mol. The molecule has 3 rings (SSSR count). The normalized spacial score (nSPS) is 11.2. The summed E-state index contributed by atoms with van der Waals surface area (Å²) in [5.41, 5.74) is 4.07. The molecule has 156 valence electrons. The Morgan fingerprint density at radius 1 is 1.14 bits per heavy atom. The van der Waals surface area contributed by atoms with Crippen molar-refractivity contribution in [2.45, 2.75) is 40.3 Å². The van der Waals surface area contributed by atoms with Crippen LogP contribution in [0.2, 0.25) is 0 Å². The lowest BCUT2D eigenvalue weighted by molar-refractivity contribution is 0.424. The Labute approximate surface area is 189 Å². The second kappa shape index (κ2) is 11.6. The molecule has 0 bridgehead atoms. The van der Waals surface area contributed by atoms with E-state index in [1.54, 1.807) is 0 Å². The molecule has 2 heterocycles. The minimum Gasteiger partial charge on any atom is -0.357 e. The number of nitrogens with one attached hydrogen (secondary N) is 2. The zero-order valence-corrected chi connectivity index (χ0v) is 19.5. The van der Waals surface area contributed by atoms with Gasteiger partial charge in [-0.3, -0.25) is 4.68 Å². The van der Waals surface area contributed by atoms with E-state index in [2.05, 4.69) is 45.8 Å². The van der Waals surface area contributed by atoms with Crippen molar-refractivity contribution in [1.29, 1.82) is 0 Å². The average Bonchev–Trinajstić information content (AvgIpc) is 3.30. The van der Waals surface area contributed by atoms with Gasteiger partial charge in [-0.15, -0.1) is 24.0 Å². The van der Waals surface area contributed by atoms with Crippen LogP contribution in [0.1, 0.15) is 30.4 Å². The quantitative estimate of drug-likeness (QED) is 0.209. The van der Waals surface area contributed by atoms with Crippen molar-refractivity contribution >= 4 is 29.9 Å². The summed E-state index contributed by atoms with van der Waals surface area (Å²) >= 11 is 0. The number of nitrogens with zero attached hydrogens (tertiary/aromatic N) is 4. The van der Waals surface area contributed by atoms with Crippen LogP contribution in [0, 0.1) is 13.8 Å². The van der Waals surface area contributed by atoms with Crippen molar-refractivity contribution in [3.8, 4) is 11.3 Å². The number of hydrogen-bond acceptors (Lipinski definition) is 4. The van der Waals surface area contributed by atoms with Gasteiger partial charge >= 0.3 is 0 Å². The van der Waals surface area contributed by atoms with Crippen LogP contribution in [0.4, 0.5) is 0 Å². The first-order valence-corrected chi connectivity index (χ1v) is 9.70. The number of rotatable bonds is 8. The maximum Gasteiger partial charge on any atom is 0.191 e. The van der Waals surface area contributed by atoms with Gasteiger partial charge in [0.25, 0.3) is 0 Å². The third kappa shape index (κ3) is 6.88. The maximum atomic E-state index is 5.43. The topological polar surface area (TPSA) is 80.3 Å². The molecule has 0 aliphatic rings. The van der Waals surface area contributed by atoms with Crippen molar-refractivity contribution < 1.29 is 4.52 Å². The Bertz CT molecular complexity index is 903. The largest absolute Gasteiger partial charge is 0.357 e. The molecule has 7 nitrogen and oxygen atoms in total. The van der Waals surface area contributed by atoms with Crippen molar-refractivity contribution in [2.24, 2.45) is 4.99 Å². The fourth-order valence-corrected chi connectivity index (χ4v) is 2.96. The molecule has 2 N–H and O–H groups in total. The average molecular weight is 508 g/mol. The molecule has 29 heavy (non-hydrogen) atoms. The van der Waals surface area contributed by atoms with Crippen LogP contribution >= 0.6 is 24.0 Å². The van der Waals surface area contributed by atoms with Gasteiger partial charge in [0.2, 0.25) is 0 Å². The summed E-state index contributed by atoms with van der Waals surface area (Å²) in [5, 5.41) is 15.2. The van der Waals surface area contributed by atoms with Gasteiger partial charge in [-0.2, -0.15) is 5.10 Å². The highest BCUT2D eigenvalue weighted by atomic mass is 127. The van der Waals surface area contributed by atoms with E-state index in [1.807, 2.05) is 48.0 Å². The standard InChI is InChI=1S/C21H28N6O.HI/c1-4-22-21(23-11-8-12-27-17(3)13-16(2)25-27)24-15-19-14-20(28-26-19)18-9-6-5-7-10-18;/h5-7,9-10,13-14H,4,8,11-12,15H2,1-3H3,(H2,22,23,24);1H. The fraction of sp³-hybridized carbons (Fsp3) is 0.381. The Morgan fingerprint density at radius 3 is 2.62 bits per heavy atom. The van der Waals surface area contributed by atoms with E-state index in [9.17, 15) is 0 Å². The van der Waals surface area contributed by atoms with Crippen molar-refractivity contribution in [1.82, 2.24) is 25.6 Å². The number of guanidine groups is 1. The molecular formula is C21H29IN6O. The molecule has 0 amide bonds. The van der Waals surface area contributed by atoms with Gasteiger partial charge in [-0.25, -0.2) is 4.99 Å². The Balaban J connectivity index is 0.00000300. The van der Waals surface area contributed by atoms with E-state index in [1.165, 1.54) is 5.69 Å². The van der Waals surface area contributed by atoms with Crippen LogP contribution in [0.5, 0.6) is 0 Å². The molecule has 3 aromatic rings. The summed E-state index contributed by atoms with van der Waals surface area (Å²) in [4.78, 5) is 4.61. The van der Waals surface area contributed by atoms with Crippen LogP contribution in [-0.4, -0.2) is 34.0 Å². The summed E-state index contributed by atoms with van der Waals surface area (Å²) in [6, 6.07) is 14.0. The lowest BCUT2D eigenvalue weighted by Crippen LogP contribution is -2.38. The summed E-state index contributed by atoms with van der Waals surface area (Å²) in [6.07, 6.45) is 0.967. The predicted molar refractivity (Wildman–Crippen MR) is 126 cm³/mol. The summed E-state index contributed by atoms with van der Waals surface area (Å²) in [6.45, 7) is 9.12. The summed E-state index contributed by atoms with van der Waals surface area (Å²) in [7, 11) is 0. The van der Waals surface area contributed by atoms with Gasteiger partial charge in [-0.05, 0) is 33.3 Å². The Morgan fingerprint density at radius 2 is 1.93 bits per heavy atom. The molecule has 2 aromatic heterocycles. The molecule has 0 fully saturated rings. The highest BCUT2D eigenvalue weighted by Crippen LogP contribution is 2.19. The number of aryl methyl sites for hydroxylation is 3. The number of aliphatic imine (C=N–C) groups is 1. The maximum absolute atomic E-state index is 5.43. The molecule has 1 aromatic carbocycles. The monoisotopic (exact) mass is 508 g/mol. The SMILES string of the molecule is CCNC(=NCc1cc(-c2ccccc2)on1)NCCCn1nc(C)cc1C.I. The van der Waals surface area contributed by atoms with Crippen LogP contribution in [0.3, 0.4) is 0 Å². The van der Waals surface area contributed by atoms with E-state index in [0.29, 0.717) is 6.54 Å². The first kappa shape index (κ1) is 22.9. The van der Waals surface area contributed by atoms with E-state index in [0.717, 1.165) is 54.7 Å². The Hall–Kier alpha value is -2.36. The van der Waals surface area contributed by atoms with E-state index in [-0.39, 0.29) is 24.0 Å². The summed E-state index contributed by atoms with van der Waals surface area (Å²) in [5.74, 6) is 1.54. The molecule has 0 unspecified atom stereocenters. The highest BCUT2D eigenvalue weighted by Gasteiger charge is 2.06. The van der Waals surface area contributed by atoms with Gasteiger partial charge in [0, 0.05) is 37.0 Å². The van der Waals surface area contributed by atoms with Gasteiger partial charge in [0.15, 0.2) is 11.7 Å². The predicted octanol–water partition coefficient (Wildman–Crippen LogP) is 3.92. The van der Waals surface area contributed by atoms with Crippen molar-refractivity contribution in [2.75, 3.05) is 13.1 Å². The van der Waals surface area contributed by atoms with E-state index in [4.69, 9.17) is 4.52 Å². The number of hydrogen-bond donors (Lipinski definition) is 2. The van der Waals surface area contributed by atoms with Gasteiger partial charge in [0.1, 0.15) is 5.69 Å². The zero-order valence-electron chi connectivity index (χ0n) is 17.2. The minimum atomic E-state index is 0. The number of benzene rings is 1. The van der Waals surface area contributed by atoms with Crippen molar-refractivity contribution in [3.63, 3.8) is 0 Å². The number of aromatic nitrogens is 3. The van der Waals surface area contributed by atoms with Crippen LogP contribution in [0.25, 0.3) is 11.3 Å². The lowest BCUT2D eigenvalue weighted by Gasteiger charge is -2.11. The van der Waals surface area contributed by atoms with Crippen molar-refractivity contribution in [3.05, 3.63) is 59.5 Å². The Kier molecular flexibility index (Phi) is 9.17. The van der Waals surface area contributed by atoms with E-state index < -0.39 is 0 Å². The summed E-state index contributed by atoms with van der Waals surface area (Å²) < 4.78 is 7.48. The number of halogens is 1. The second-order valence-corrected chi connectivity index (χ2v) is 6.67. The van der Waals surface area contributed by atoms with Gasteiger partial charge in [0.05, 0.1) is 12.2 Å². The fourth-order valence-electron chi connectivity index (χ4n) is 2.96. The van der Waals surface area contributed by atoms with Gasteiger partial charge in [-0.1, -0.05) is 35.5 Å². The molecule has 0 spiro atoms. The van der Waals surface area contributed by atoms with E-state index >= 15 is 0 Å². The minimum absolute atomic E-state index is 0. The molecule has 0 saturated heterocycles. The second-order valence-electron chi connectivity index (χ2n) is 6.67. The molecule has 0 saturated carbocycles.